The topological polar surface area (TPSA) is 0 Å². The van der Waals surface area contributed by atoms with Crippen LogP contribution in [0, 0.1) is 18.3 Å². The van der Waals surface area contributed by atoms with Crippen LogP contribution in [0.1, 0.15) is 26.2 Å². The SMILES string of the molecule is C#CC(C)CC=CCCC=C. The number of hydrogen-bond acceptors (Lipinski definition) is 0. The summed E-state index contributed by atoms with van der Waals surface area (Å²) in [5, 5.41) is 0. The molecule has 0 aliphatic rings. The van der Waals surface area contributed by atoms with Gasteiger partial charge in [0.2, 0.25) is 0 Å². The van der Waals surface area contributed by atoms with Gasteiger partial charge in [-0.1, -0.05) is 25.2 Å². The zero-order chi connectivity index (χ0) is 8.53. The summed E-state index contributed by atoms with van der Waals surface area (Å²) in [6.45, 7) is 5.70. The first-order valence-electron chi connectivity index (χ1n) is 4.03. The normalized spacial score (nSPS) is 12.7. The average Bonchev–Trinajstić information content (AvgIpc) is 2.04. The lowest BCUT2D eigenvalue weighted by Crippen LogP contribution is -1.84. The van der Waals surface area contributed by atoms with E-state index in [1.54, 1.807) is 0 Å². The van der Waals surface area contributed by atoms with Crippen molar-refractivity contribution in [2.24, 2.45) is 5.92 Å². The minimum absolute atomic E-state index is 0.370. The molecule has 1 unspecified atom stereocenters. The Labute approximate surface area is 70.0 Å². The van der Waals surface area contributed by atoms with Crippen molar-refractivity contribution in [2.45, 2.75) is 26.2 Å². The number of rotatable bonds is 5. The van der Waals surface area contributed by atoms with Gasteiger partial charge in [-0.05, 0) is 19.3 Å². The van der Waals surface area contributed by atoms with Gasteiger partial charge in [-0.15, -0.1) is 18.9 Å². The molecule has 0 aromatic heterocycles. The van der Waals surface area contributed by atoms with E-state index in [1.165, 1.54) is 0 Å². The third-order valence-corrected chi connectivity index (χ3v) is 1.48. The van der Waals surface area contributed by atoms with E-state index in [9.17, 15) is 0 Å². The maximum Gasteiger partial charge on any atom is 0.0206 e. The van der Waals surface area contributed by atoms with Gasteiger partial charge in [0.15, 0.2) is 0 Å². The summed E-state index contributed by atoms with van der Waals surface area (Å²) in [7, 11) is 0. The molecule has 0 amide bonds. The molecule has 0 heterocycles. The lowest BCUT2D eigenvalue weighted by Gasteiger charge is -1.95. The molecule has 0 rings (SSSR count). The van der Waals surface area contributed by atoms with Crippen molar-refractivity contribution in [3.8, 4) is 12.3 Å². The second-order valence-electron chi connectivity index (χ2n) is 2.64. The van der Waals surface area contributed by atoms with E-state index in [1.807, 2.05) is 6.08 Å². The first kappa shape index (κ1) is 10.0. The van der Waals surface area contributed by atoms with E-state index in [0.717, 1.165) is 19.3 Å². The maximum atomic E-state index is 5.21. The molecule has 60 valence electrons. The van der Waals surface area contributed by atoms with Gasteiger partial charge >= 0.3 is 0 Å². The van der Waals surface area contributed by atoms with Crippen LogP contribution < -0.4 is 0 Å². The van der Waals surface area contributed by atoms with Gasteiger partial charge in [-0.25, -0.2) is 0 Å². The fourth-order valence-corrected chi connectivity index (χ4v) is 0.700. The molecular formula is C11H16. The molecule has 0 fully saturated rings. The van der Waals surface area contributed by atoms with Crippen LogP contribution in [0.15, 0.2) is 24.8 Å². The second-order valence-corrected chi connectivity index (χ2v) is 2.64. The van der Waals surface area contributed by atoms with E-state index < -0.39 is 0 Å². The Morgan fingerprint density at radius 3 is 2.73 bits per heavy atom. The van der Waals surface area contributed by atoms with E-state index in [0.29, 0.717) is 5.92 Å². The van der Waals surface area contributed by atoms with Crippen LogP contribution in [0.25, 0.3) is 0 Å². The molecule has 0 aliphatic carbocycles. The van der Waals surface area contributed by atoms with Gasteiger partial charge in [-0.3, -0.25) is 0 Å². The van der Waals surface area contributed by atoms with Crippen molar-refractivity contribution < 1.29 is 0 Å². The first-order chi connectivity index (χ1) is 5.31. The molecule has 0 bridgehead atoms. The van der Waals surface area contributed by atoms with Crippen molar-refractivity contribution in [1.29, 1.82) is 0 Å². The maximum absolute atomic E-state index is 5.21. The van der Waals surface area contributed by atoms with Crippen molar-refractivity contribution in [3.05, 3.63) is 24.8 Å². The van der Waals surface area contributed by atoms with E-state index in [-0.39, 0.29) is 0 Å². The van der Waals surface area contributed by atoms with Crippen LogP contribution in [-0.2, 0) is 0 Å². The molecule has 11 heavy (non-hydrogen) atoms. The van der Waals surface area contributed by atoms with Crippen LogP contribution >= 0.6 is 0 Å². The van der Waals surface area contributed by atoms with Gasteiger partial charge in [0.1, 0.15) is 0 Å². The van der Waals surface area contributed by atoms with E-state index in [2.05, 4.69) is 31.6 Å². The Kier molecular flexibility index (Phi) is 6.53. The lowest BCUT2D eigenvalue weighted by molar-refractivity contribution is 0.771. The summed E-state index contributed by atoms with van der Waals surface area (Å²) in [5.74, 6) is 3.05. The fourth-order valence-electron chi connectivity index (χ4n) is 0.700. The number of terminal acetylenes is 1. The molecule has 0 N–H and O–H groups in total. The molecule has 0 nitrogen and oxygen atoms in total. The van der Waals surface area contributed by atoms with E-state index >= 15 is 0 Å². The summed E-state index contributed by atoms with van der Waals surface area (Å²) in [4.78, 5) is 0. The summed E-state index contributed by atoms with van der Waals surface area (Å²) in [6.07, 6.45) is 14.6. The zero-order valence-electron chi connectivity index (χ0n) is 7.22. The van der Waals surface area contributed by atoms with Crippen molar-refractivity contribution in [3.63, 3.8) is 0 Å². The molecule has 0 spiro atoms. The molecule has 0 aromatic carbocycles. The molecule has 0 aliphatic heterocycles. The molecule has 0 heteroatoms. The van der Waals surface area contributed by atoms with Gasteiger partial charge < -0.3 is 0 Å². The summed E-state index contributed by atoms with van der Waals surface area (Å²) in [6, 6.07) is 0. The Hall–Kier alpha value is -0.960. The smallest absolute Gasteiger partial charge is 0.0206 e. The van der Waals surface area contributed by atoms with Crippen molar-refractivity contribution in [2.75, 3.05) is 0 Å². The first-order valence-corrected chi connectivity index (χ1v) is 4.03. The molecular weight excluding hydrogens is 132 g/mol. The van der Waals surface area contributed by atoms with E-state index in [4.69, 9.17) is 6.42 Å². The lowest BCUT2D eigenvalue weighted by atomic mass is 10.1. The summed E-state index contributed by atoms with van der Waals surface area (Å²) < 4.78 is 0. The highest BCUT2D eigenvalue weighted by Crippen LogP contribution is 2.01. The van der Waals surface area contributed by atoms with Crippen LogP contribution in [0.3, 0.4) is 0 Å². The highest BCUT2D eigenvalue weighted by Gasteiger charge is 1.89. The highest BCUT2D eigenvalue weighted by molar-refractivity contribution is 4.96. The molecule has 0 saturated heterocycles. The zero-order valence-corrected chi connectivity index (χ0v) is 7.22. The average molecular weight is 148 g/mol. The Balaban J connectivity index is 3.30. The third-order valence-electron chi connectivity index (χ3n) is 1.48. The van der Waals surface area contributed by atoms with Gasteiger partial charge in [0.25, 0.3) is 0 Å². The quantitative estimate of drug-likeness (QED) is 0.319. The molecule has 0 saturated carbocycles. The largest absolute Gasteiger partial charge is 0.120 e. The highest BCUT2D eigenvalue weighted by atomic mass is 13.9. The molecule has 0 radical (unpaired) electrons. The molecule has 1 atom stereocenters. The Morgan fingerprint density at radius 2 is 2.18 bits per heavy atom. The van der Waals surface area contributed by atoms with Crippen LogP contribution in [0.2, 0.25) is 0 Å². The Bertz CT molecular complexity index is 157. The minimum Gasteiger partial charge on any atom is -0.120 e. The number of allylic oxidation sites excluding steroid dienone is 3. The second kappa shape index (κ2) is 7.15. The van der Waals surface area contributed by atoms with Crippen molar-refractivity contribution in [1.82, 2.24) is 0 Å². The standard InChI is InChI=1S/C11H16/c1-4-6-7-8-9-10-11(3)5-2/h2,4,8-9,11H,1,6-7,10H2,3H3. The van der Waals surface area contributed by atoms with Gasteiger partial charge in [-0.2, -0.15) is 0 Å². The minimum atomic E-state index is 0.370. The molecule has 0 aromatic rings. The predicted octanol–water partition coefficient (Wildman–Crippen LogP) is 3.17. The Morgan fingerprint density at radius 1 is 1.45 bits per heavy atom. The van der Waals surface area contributed by atoms with Crippen LogP contribution in [-0.4, -0.2) is 0 Å². The fraction of sp³-hybridized carbons (Fsp3) is 0.455. The van der Waals surface area contributed by atoms with Crippen LogP contribution in [0.4, 0.5) is 0 Å². The summed E-state index contributed by atoms with van der Waals surface area (Å²) in [5.41, 5.74) is 0. The van der Waals surface area contributed by atoms with Crippen LogP contribution in [0.5, 0.6) is 0 Å². The number of hydrogen-bond donors (Lipinski definition) is 0. The monoisotopic (exact) mass is 148 g/mol. The van der Waals surface area contributed by atoms with Gasteiger partial charge in [0, 0.05) is 5.92 Å². The number of unbranched alkanes of at least 4 members (excludes halogenated alkanes) is 1. The van der Waals surface area contributed by atoms with Crippen molar-refractivity contribution >= 4 is 0 Å². The summed E-state index contributed by atoms with van der Waals surface area (Å²) >= 11 is 0. The predicted molar refractivity (Wildman–Crippen MR) is 51.2 cm³/mol. The van der Waals surface area contributed by atoms with Gasteiger partial charge in [0.05, 0.1) is 0 Å². The third kappa shape index (κ3) is 6.93.